The summed E-state index contributed by atoms with van der Waals surface area (Å²) in [5.74, 6) is 0. The summed E-state index contributed by atoms with van der Waals surface area (Å²) in [6.45, 7) is 0. The number of carbonyl (C=O) groups is 1. The Labute approximate surface area is 122 Å². The van der Waals surface area contributed by atoms with Gasteiger partial charge in [-0.2, -0.15) is 8.42 Å². The summed E-state index contributed by atoms with van der Waals surface area (Å²) in [5.41, 5.74) is 2.29. The Morgan fingerprint density at radius 3 is 2.86 bits per heavy atom. The van der Waals surface area contributed by atoms with E-state index in [4.69, 9.17) is 0 Å². The molecule has 0 aliphatic rings. The van der Waals surface area contributed by atoms with Crippen LogP contribution in [0, 0.1) is 0 Å². The number of nitrogens with zero attached hydrogens (tertiary/aromatic N) is 4. The number of rotatable bonds is 3. The van der Waals surface area contributed by atoms with Crippen LogP contribution in [-0.2, 0) is 10.2 Å². The fraction of sp³-hybridized carbons (Fsp3) is 0. The van der Waals surface area contributed by atoms with Crippen LogP contribution in [0.4, 0.5) is 9.93 Å². The zero-order chi connectivity index (χ0) is 14.9. The summed E-state index contributed by atoms with van der Waals surface area (Å²) in [4.78, 5) is 15.6. The van der Waals surface area contributed by atoms with Crippen molar-refractivity contribution in [1.82, 2.24) is 23.9 Å². The summed E-state index contributed by atoms with van der Waals surface area (Å²) in [6.07, 6.45) is 1.13. The van der Waals surface area contributed by atoms with Crippen molar-refractivity contribution in [2.75, 3.05) is 5.32 Å². The van der Waals surface area contributed by atoms with Crippen molar-refractivity contribution >= 4 is 43.7 Å². The predicted molar refractivity (Wildman–Crippen MR) is 76.1 cm³/mol. The van der Waals surface area contributed by atoms with E-state index in [1.807, 2.05) is 4.72 Å². The predicted octanol–water partition coefficient (Wildman–Crippen LogP) is 0.802. The Bertz CT molecular complexity index is 887. The normalized spacial score (nSPS) is 11.4. The van der Waals surface area contributed by atoms with Crippen LogP contribution in [0.15, 0.2) is 36.1 Å². The zero-order valence-electron chi connectivity index (χ0n) is 10.3. The average Bonchev–Trinajstić information content (AvgIpc) is 3.06. The number of aromatic nitrogens is 4. The van der Waals surface area contributed by atoms with Gasteiger partial charge in [-0.25, -0.2) is 18.5 Å². The Morgan fingerprint density at radius 2 is 2.10 bits per heavy atom. The first-order valence-electron chi connectivity index (χ1n) is 5.59. The summed E-state index contributed by atoms with van der Waals surface area (Å²) >= 11 is 1.07. The minimum absolute atomic E-state index is 0.193. The van der Waals surface area contributed by atoms with Crippen LogP contribution in [0.2, 0.25) is 0 Å². The highest BCUT2D eigenvalue weighted by Gasteiger charge is 2.19. The van der Waals surface area contributed by atoms with Crippen molar-refractivity contribution < 1.29 is 13.2 Å². The molecule has 3 aromatic rings. The fourth-order valence-electron chi connectivity index (χ4n) is 1.64. The first-order chi connectivity index (χ1) is 10.1. The lowest BCUT2D eigenvalue weighted by Gasteiger charge is -2.07. The van der Waals surface area contributed by atoms with Gasteiger partial charge in [0.25, 0.3) is 0 Å². The maximum atomic E-state index is 12.2. The van der Waals surface area contributed by atoms with Gasteiger partial charge in [0.15, 0.2) is 0 Å². The molecule has 0 aliphatic heterocycles. The molecule has 0 spiro atoms. The molecule has 2 heterocycles. The Balaban J connectivity index is 1.85. The van der Waals surface area contributed by atoms with Gasteiger partial charge in [-0.05, 0) is 12.1 Å². The minimum Gasteiger partial charge on any atom is -0.281 e. The van der Waals surface area contributed by atoms with Crippen LogP contribution in [0.1, 0.15) is 0 Å². The van der Waals surface area contributed by atoms with Crippen LogP contribution < -0.4 is 10.0 Å². The van der Waals surface area contributed by atoms with Crippen LogP contribution in [0.3, 0.4) is 0 Å². The Kier molecular flexibility index (Phi) is 3.27. The van der Waals surface area contributed by atoms with E-state index in [1.165, 1.54) is 5.51 Å². The van der Waals surface area contributed by atoms with Crippen molar-refractivity contribution in [2.45, 2.75) is 0 Å². The second-order valence-corrected chi connectivity index (χ2v) is 6.22. The summed E-state index contributed by atoms with van der Waals surface area (Å²) in [5, 5.41) is 9.57. The quantitative estimate of drug-likeness (QED) is 0.735. The number of hydrogen-bond donors (Lipinski definition) is 2. The third-order valence-electron chi connectivity index (χ3n) is 2.48. The molecule has 0 unspecified atom stereocenters. The lowest BCUT2D eigenvalue weighted by Crippen LogP contribution is -2.37. The molecule has 11 heteroatoms. The van der Waals surface area contributed by atoms with Gasteiger partial charge in [0.1, 0.15) is 11.8 Å². The van der Waals surface area contributed by atoms with Crippen LogP contribution in [-0.4, -0.2) is 33.6 Å². The molecular weight excluding hydrogens is 316 g/mol. The highest BCUT2D eigenvalue weighted by molar-refractivity contribution is 7.88. The fourth-order valence-corrected chi connectivity index (χ4v) is 3.05. The SMILES string of the molecule is O=C(Nc1nncs1)NS(=O)(=O)n1cnc2ccccc21. The smallest absolute Gasteiger partial charge is 0.281 e. The Morgan fingerprint density at radius 1 is 1.29 bits per heavy atom. The monoisotopic (exact) mass is 324 g/mol. The number of para-hydroxylation sites is 2. The van der Waals surface area contributed by atoms with Gasteiger partial charge in [0, 0.05) is 0 Å². The number of anilines is 1. The van der Waals surface area contributed by atoms with Crippen LogP contribution in [0.5, 0.6) is 0 Å². The highest BCUT2D eigenvalue weighted by Crippen LogP contribution is 2.13. The second kappa shape index (κ2) is 5.10. The second-order valence-electron chi connectivity index (χ2n) is 3.83. The number of urea groups is 1. The molecule has 0 fully saturated rings. The van der Waals surface area contributed by atoms with E-state index in [0.29, 0.717) is 11.0 Å². The summed E-state index contributed by atoms with van der Waals surface area (Å²) in [7, 11) is -4.10. The lowest BCUT2D eigenvalue weighted by molar-refractivity contribution is 0.256. The van der Waals surface area contributed by atoms with E-state index in [0.717, 1.165) is 21.6 Å². The van der Waals surface area contributed by atoms with E-state index in [-0.39, 0.29) is 5.13 Å². The number of hydrogen-bond acceptors (Lipinski definition) is 7. The van der Waals surface area contributed by atoms with Gasteiger partial charge in [-0.15, -0.1) is 10.2 Å². The maximum absolute atomic E-state index is 12.2. The molecule has 1 aromatic carbocycles. The number of fused-ring (bicyclic) bond motifs is 1. The van der Waals surface area contributed by atoms with Crippen molar-refractivity contribution in [1.29, 1.82) is 0 Å². The number of amides is 2. The van der Waals surface area contributed by atoms with Crippen molar-refractivity contribution in [2.24, 2.45) is 0 Å². The summed E-state index contributed by atoms with van der Waals surface area (Å²) in [6, 6.07) is 5.75. The number of benzene rings is 1. The van der Waals surface area contributed by atoms with E-state index in [1.54, 1.807) is 24.3 Å². The molecular formula is C10H8N6O3S2. The standard InChI is InChI=1S/C10H8N6O3S2/c17-9(13-10-14-12-6-20-10)15-21(18,19)16-5-11-7-3-1-2-4-8(7)16/h1-6H,(H2,13,14,15,17). The van der Waals surface area contributed by atoms with E-state index in [2.05, 4.69) is 20.5 Å². The molecule has 2 amide bonds. The van der Waals surface area contributed by atoms with Crippen LogP contribution >= 0.6 is 11.3 Å². The zero-order valence-corrected chi connectivity index (χ0v) is 11.9. The lowest BCUT2D eigenvalue weighted by atomic mass is 10.3. The number of nitrogens with one attached hydrogen (secondary N) is 2. The topological polar surface area (TPSA) is 119 Å². The van der Waals surface area contributed by atoms with Gasteiger partial charge in [0.05, 0.1) is 11.0 Å². The Hall–Kier alpha value is -2.53. The molecule has 108 valence electrons. The molecule has 0 radical (unpaired) electrons. The number of carbonyl (C=O) groups excluding carboxylic acids is 1. The van der Waals surface area contributed by atoms with Gasteiger partial charge in [-0.1, -0.05) is 23.5 Å². The van der Waals surface area contributed by atoms with Crippen molar-refractivity contribution in [3.63, 3.8) is 0 Å². The first-order valence-corrected chi connectivity index (χ1v) is 7.91. The van der Waals surface area contributed by atoms with Crippen molar-refractivity contribution in [3.05, 3.63) is 36.1 Å². The van der Waals surface area contributed by atoms with Gasteiger partial charge >= 0.3 is 16.2 Å². The van der Waals surface area contributed by atoms with Gasteiger partial charge < -0.3 is 0 Å². The van der Waals surface area contributed by atoms with E-state index < -0.39 is 16.2 Å². The molecule has 0 saturated heterocycles. The molecule has 9 nitrogen and oxygen atoms in total. The van der Waals surface area contributed by atoms with Gasteiger partial charge in [-0.3, -0.25) is 5.32 Å². The third kappa shape index (κ3) is 2.68. The highest BCUT2D eigenvalue weighted by atomic mass is 32.2. The molecule has 2 aromatic heterocycles. The molecule has 0 atom stereocenters. The average molecular weight is 324 g/mol. The summed E-state index contributed by atoms with van der Waals surface area (Å²) < 4.78 is 27.1. The molecule has 3 rings (SSSR count). The molecule has 0 bridgehead atoms. The maximum Gasteiger partial charge on any atom is 0.336 e. The molecule has 0 saturated carbocycles. The van der Waals surface area contributed by atoms with Gasteiger partial charge in [0.2, 0.25) is 5.13 Å². The minimum atomic E-state index is -4.10. The molecule has 2 N–H and O–H groups in total. The first kappa shape index (κ1) is 13.5. The molecule has 0 aliphatic carbocycles. The van der Waals surface area contributed by atoms with Crippen molar-refractivity contribution in [3.8, 4) is 0 Å². The largest absolute Gasteiger partial charge is 0.336 e. The van der Waals surface area contributed by atoms with E-state index >= 15 is 0 Å². The third-order valence-corrected chi connectivity index (χ3v) is 4.34. The van der Waals surface area contributed by atoms with E-state index in [9.17, 15) is 13.2 Å². The number of imidazole rings is 1. The van der Waals surface area contributed by atoms with Crippen LogP contribution in [0.25, 0.3) is 11.0 Å². The molecule has 21 heavy (non-hydrogen) atoms.